The molecule has 1 saturated heterocycles. The molecule has 14 nitrogen and oxygen atoms in total. The lowest BCUT2D eigenvalue weighted by Gasteiger charge is -2.40. The predicted molar refractivity (Wildman–Crippen MR) is 155 cm³/mol. The van der Waals surface area contributed by atoms with Gasteiger partial charge in [0.05, 0.1) is 0 Å². The van der Waals surface area contributed by atoms with Gasteiger partial charge < -0.3 is 40.3 Å². The number of carboxylic acids is 1. The number of carbonyl (C=O) groups is 6. The first-order valence-corrected chi connectivity index (χ1v) is 14.3. The number of piperazine rings is 1. The number of rotatable bonds is 15. The SMILES string of the molecule is CC(C)(C)OC(=O)NCCCCC(=O)NCCC[C@H]1C(=O)N(CC(=O)O)CCN1C(=O)CNC(=O)OCc1ccccc1. The summed E-state index contributed by atoms with van der Waals surface area (Å²) in [7, 11) is 0. The molecular formula is C29H43N5O9. The Morgan fingerprint density at radius 2 is 1.63 bits per heavy atom. The van der Waals surface area contributed by atoms with Gasteiger partial charge in [-0.3, -0.25) is 19.2 Å². The Hall–Kier alpha value is -4.36. The van der Waals surface area contributed by atoms with Gasteiger partial charge in [0.2, 0.25) is 17.7 Å². The maximum atomic E-state index is 13.1. The quantitative estimate of drug-likeness (QED) is 0.216. The van der Waals surface area contributed by atoms with Crippen LogP contribution in [0.5, 0.6) is 0 Å². The fraction of sp³-hybridized carbons (Fsp3) is 0.586. The minimum Gasteiger partial charge on any atom is -0.480 e. The molecule has 0 aromatic heterocycles. The Balaban J connectivity index is 1.77. The van der Waals surface area contributed by atoms with Crippen molar-refractivity contribution in [3.63, 3.8) is 0 Å². The van der Waals surface area contributed by atoms with Crippen molar-refractivity contribution in [2.24, 2.45) is 0 Å². The molecule has 1 heterocycles. The van der Waals surface area contributed by atoms with Crippen LogP contribution in [0.3, 0.4) is 0 Å². The summed E-state index contributed by atoms with van der Waals surface area (Å²) in [6.07, 6.45) is 0.652. The molecule has 43 heavy (non-hydrogen) atoms. The van der Waals surface area contributed by atoms with Crippen molar-refractivity contribution < 1.29 is 43.3 Å². The van der Waals surface area contributed by atoms with Gasteiger partial charge in [-0.15, -0.1) is 0 Å². The Morgan fingerprint density at radius 3 is 2.30 bits per heavy atom. The van der Waals surface area contributed by atoms with Gasteiger partial charge in [-0.2, -0.15) is 0 Å². The highest BCUT2D eigenvalue weighted by Gasteiger charge is 2.37. The Bertz CT molecular complexity index is 1110. The van der Waals surface area contributed by atoms with Crippen molar-refractivity contribution in [1.82, 2.24) is 25.8 Å². The van der Waals surface area contributed by atoms with E-state index >= 15 is 0 Å². The monoisotopic (exact) mass is 605 g/mol. The van der Waals surface area contributed by atoms with Gasteiger partial charge in [0.1, 0.15) is 31.3 Å². The molecule has 0 saturated carbocycles. The molecule has 1 aliphatic rings. The first kappa shape index (κ1) is 34.8. The average molecular weight is 606 g/mol. The Morgan fingerprint density at radius 1 is 0.930 bits per heavy atom. The number of aliphatic carboxylic acids is 1. The van der Waals surface area contributed by atoms with Gasteiger partial charge >= 0.3 is 18.2 Å². The van der Waals surface area contributed by atoms with Crippen LogP contribution in [0.2, 0.25) is 0 Å². The van der Waals surface area contributed by atoms with E-state index in [4.69, 9.17) is 14.6 Å². The topological polar surface area (TPSA) is 184 Å². The van der Waals surface area contributed by atoms with Gasteiger partial charge in [0, 0.05) is 32.6 Å². The number of benzene rings is 1. The van der Waals surface area contributed by atoms with E-state index in [1.165, 1.54) is 9.80 Å². The van der Waals surface area contributed by atoms with E-state index < -0.39 is 54.7 Å². The van der Waals surface area contributed by atoms with Crippen LogP contribution in [-0.4, -0.2) is 102 Å². The molecule has 5 amide bonds. The van der Waals surface area contributed by atoms with E-state index in [9.17, 15) is 28.8 Å². The van der Waals surface area contributed by atoms with Crippen LogP contribution in [0, 0.1) is 0 Å². The Kier molecular flexibility index (Phi) is 14.2. The van der Waals surface area contributed by atoms with Gasteiger partial charge in [-0.25, -0.2) is 9.59 Å². The third-order valence-electron chi connectivity index (χ3n) is 6.30. The molecule has 238 valence electrons. The van der Waals surface area contributed by atoms with Crippen molar-refractivity contribution >= 4 is 35.9 Å². The lowest BCUT2D eigenvalue weighted by molar-refractivity contribution is -0.155. The molecule has 1 atom stereocenters. The van der Waals surface area contributed by atoms with Crippen molar-refractivity contribution in [3.05, 3.63) is 35.9 Å². The molecule has 0 spiro atoms. The lowest BCUT2D eigenvalue weighted by atomic mass is 10.0. The largest absolute Gasteiger partial charge is 0.480 e. The fourth-order valence-electron chi connectivity index (χ4n) is 4.29. The maximum Gasteiger partial charge on any atom is 0.407 e. The highest BCUT2D eigenvalue weighted by Crippen LogP contribution is 2.17. The first-order valence-electron chi connectivity index (χ1n) is 14.3. The second kappa shape index (κ2) is 17.6. The average Bonchev–Trinajstić information content (AvgIpc) is 2.93. The summed E-state index contributed by atoms with van der Waals surface area (Å²) in [4.78, 5) is 75.7. The number of ether oxygens (including phenoxy) is 2. The van der Waals surface area contributed by atoms with E-state index in [1.807, 2.05) is 18.2 Å². The molecule has 1 fully saturated rings. The van der Waals surface area contributed by atoms with Crippen LogP contribution < -0.4 is 16.0 Å². The Labute approximate surface area is 251 Å². The highest BCUT2D eigenvalue weighted by atomic mass is 16.6. The van der Waals surface area contributed by atoms with Crippen LogP contribution in [0.15, 0.2) is 30.3 Å². The summed E-state index contributed by atoms with van der Waals surface area (Å²) in [5, 5.41) is 17.0. The number of nitrogens with one attached hydrogen (secondary N) is 3. The lowest BCUT2D eigenvalue weighted by Crippen LogP contribution is -2.60. The molecule has 1 aliphatic heterocycles. The van der Waals surface area contributed by atoms with E-state index in [1.54, 1.807) is 32.9 Å². The summed E-state index contributed by atoms with van der Waals surface area (Å²) >= 11 is 0. The zero-order valence-corrected chi connectivity index (χ0v) is 25.1. The van der Waals surface area contributed by atoms with E-state index in [-0.39, 0.29) is 45.0 Å². The van der Waals surface area contributed by atoms with E-state index in [0.29, 0.717) is 25.8 Å². The summed E-state index contributed by atoms with van der Waals surface area (Å²) in [6.45, 7) is 5.25. The maximum absolute atomic E-state index is 13.1. The van der Waals surface area contributed by atoms with Crippen LogP contribution >= 0.6 is 0 Å². The highest BCUT2D eigenvalue weighted by molar-refractivity contribution is 5.92. The van der Waals surface area contributed by atoms with Crippen molar-refractivity contribution in [1.29, 1.82) is 0 Å². The third kappa shape index (κ3) is 13.9. The van der Waals surface area contributed by atoms with Gasteiger partial charge in [-0.1, -0.05) is 30.3 Å². The molecule has 0 radical (unpaired) electrons. The van der Waals surface area contributed by atoms with Gasteiger partial charge in [0.15, 0.2) is 0 Å². The molecule has 14 heteroatoms. The molecule has 0 aliphatic carbocycles. The fourth-order valence-corrected chi connectivity index (χ4v) is 4.29. The smallest absolute Gasteiger partial charge is 0.407 e. The molecule has 1 aromatic carbocycles. The van der Waals surface area contributed by atoms with Crippen molar-refractivity contribution in [2.45, 2.75) is 71.1 Å². The van der Waals surface area contributed by atoms with Crippen LogP contribution in [0.1, 0.15) is 58.4 Å². The minimum atomic E-state index is -1.16. The molecule has 2 rings (SSSR count). The van der Waals surface area contributed by atoms with E-state index in [2.05, 4.69) is 16.0 Å². The number of hydrogen-bond acceptors (Lipinski definition) is 8. The number of nitrogens with zero attached hydrogens (tertiary/aromatic N) is 2. The van der Waals surface area contributed by atoms with E-state index in [0.717, 1.165) is 5.56 Å². The zero-order chi connectivity index (χ0) is 31.8. The van der Waals surface area contributed by atoms with Gasteiger partial charge in [0.25, 0.3) is 0 Å². The number of hydrogen-bond donors (Lipinski definition) is 4. The van der Waals surface area contributed by atoms with Crippen molar-refractivity contribution in [2.75, 3.05) is 39.3 Å². The molecule has 0 bridgehead atoms. The summed E-state index contributed by atoms with van der Waals surface area (Å²) in [6, 6.07) is 8.10. The van der Waals surface area contributed by atoms with Gasteiger partial charge in [-0.05, 0) is 52.0 Å². The second-order valence-corrected chi connectivity index (χ2v) is 11.0. The van der Waals surface area contributed by atoms with Crippen LogP contribution in [0.25, 0.3) is 0 Å². The normalized spacial score (nSPS) is 15.0. The summed E-state index contributed by atoms with van der Waals surface area (Å²) < 4.78 is 10.3. The van der Waals surface area contributed by atoms with Crippen LogP contribution in [-0.2, 0) is 35.3 Å². The molecule has 4 N–H and O–H groups in total. The number of amides is 5. The van der Waals surface area contributed by atoms with Crippen molar-refractivity contribution in [3.8, 4) is 0 Å². The summed E-state index contributed by atoms with van der Waals surface area (Å²) in [5.74, 6) is -2.36. The van der Waals surface area contributed by atoms with Crippen LogP contribution in [0.4, 0.5) is 9.59 Å². The zero-order valence-electron chi connectivity index (χ0n) is 25.1. The standard InChI is InChI=1S/C29H43N5O9/c1-29(2,3)43-28(41)31-14-8-7-13-23(35)30-15-9-12-22-26(39)33(19-25(37)38)16-17-34(22)24(36)18-32-27(40)42-20-21-10-5-4-6-11-21/h4-6,10-11,22H,7-9,12-20H2,1-3H3,(H,30,35)(H,31,41)(H,32,40)(H,37,38)/t22-/m0/s1. The minimum absolute atomic E-state index is 0.0323. The second-order valence-electron chi connectivity index (χ2n) is 11.0. The summed E-state index contributed by atoms with van der Waals surface area (Å²) in [5.41, 5.74) is 0.199. The number of carboxylic acid groups (broad SMARTS) is 1. The number of carbonyl (C=O) groups excluding carboxylic acids is 5. The molecule has 0 unspecified atom stereocenters. The first-order chi connectivity index (χ1) is 20.4. The third-order valence-corrected chi connectivity index (χ3v) is 6.30. The molecule has 1 aromatic rings. The predicted octanol–water partition coefficient (Wildman–Crippen LogP) is 1.63. The molecular weight excluding hydrogens is 562 g/mol. The number of alkyl carbamates (subject to hydrolysis) is 2. The number of unbranched alkanes of at least 4 members (excludes halogenated alkanes) is 1.